The van der Waals surface area contributed by atoms with Gasteiger partial charge < -0.3 is 9.84 Å². The highest BCUT2D eigenvalue weighted by Crippen LogP contribution is 2.46. The fourth-order valence-corrected chi connectivity index (χ4v) is 1.96. The van der Waals surface area contributed by atoms with E-state index >= 15 is 0 Å². The maximum absolute atomic E-state index is 12.5. The Bertz CT molecular complexity index is 450. The maximum Gasteiger partial charge on any atom is 0.392 e. The Kier molecular flexibility index (Phi) is 2.62. The molecule has 17 heavy (non-hydrogen) atoms. The van der Waals surface area contributed by atoms with Gasteiger partial charge in [0.2, 0.25) is 0 Å². The number of aliphatic hydroxyl groups excluding tert-OH is 1. The molecule has 1 aromatic heterocycles. The predicted octanol–water partition coefficient (Wildman–Crippen LogP) is 1.97. The van der Waals surface area contributed by atoms with Gasteiger partial charge in [-0.1, -0.05) is 0 Å². The number of hydrogen-bond acceptors (Lipinski definition) is 4. The van der Waals surface area contributed by atoms with Crippen molar-refractivity contribution < 1.29 is 23.0 Å². The molecule has 1 N–H and O–H groups in total. The molecule has 0 saturated carbocycles. The zero-order valence-corrected chi connectivity index (χ0v) is 9.25. The van der Waals surface area contributed by atoms with Crippen molar-refractivity contribution >= 4 is 0 Å². The molecule has 0 spiro atoms. The van der Waals surface area contributed by atoms with Gasteiger partial charge in [0.25, 0.3) is 0 Å². The van der Waals surface area contributed by atoms with Crippen LogP contribution in [0, 0.1) is 6.92 Å². The number of fused-ring (bicyclic) bond motifs is 1. The second-order valence-electron chi connectivity index (χ2n) is 4.21. The van der Waals surface area contributed by atoms with Crippen LogP contribution in [0.5, 0.6) is 0 Å². The number of alkyl halides is 3. The van der Waals surface area contributed by atoms with Gasteiger partial charge in [-0.05, 0) is 13.8 Å². The predicted molar refractivity (Wildman–Crippen MR) is 50.8 cm³/mol. The van der Waals surface area contributed by atoms with Crippen LogP contribution in [0.1, 0.15) is 36.7 Å². The molecule has 4 nitrogen and oxygen atoms in total. The van der Waals surface area contributed by atoms with Crippen LogP contribution in [0.25, 0.3) is 0 Å². The lowest BCUT2D eigenvalue weighted by atomic mass is 9.96. The Hall–Kier alpha value is -1.21. The van der Waals surface area contributed by atoms with E-state index in [4.69, 9.17) is 4.74 Å². The van der Waals surface area contributed by atoms with Crippen LogP contribution in [0.2, 0.25) is 0 Å². The number of nitrogens with zero attached hydrogens (tertiary/aromatic N) is 2. The normalized spacial score (nSPS) is 28.2. The first kappa shape index (κ1) is 12.3. The third-order valence-electron chi connectivity index (χ3n) is 2.61. The van der Waals surface area contributed by atoms with Crippen molar-refractivity contribution in [3.63, 3.8) is 0 Å². The van der Waals surface area contributed by atoms with Crippen LogP contribution >= 0.6 is 0 Å². The second kappa shape index (κ2) is 3.64. The van der Waals surface area contributed by atoms with Gasteiger partial charge >= 0.3 is 6.18 Å². The van der Waals surface area contributed by atoms with Gasteiger partial charge in [0.05, 0.1) is 17.7 Å². The zero-order chi connectivity index (χ0) is 12.8. The topological polar surface area (TPSA) is 55.2 Å². The van der Waals surface area contributed by atoms with Crippen LogP contribution in [-0.4, -0.2) is 21.3 Å². The Balaban J connectivity index is 2.44. The molecule has 0 aliphatic carbocycles. The van der Waals surface area contributed by atoms with Crippen LogP contribution in [0.15, 0.2) is 6.20 Å². The molecular weight excluding hydrogens is 237 g/mol. The lowest BCUT2D eigenvalue weighted by Gasteiger charge is -2.25. The average Bonchev–Trinajstić information content (AvgIpc) is 2.35. The van der Waals surface area contributed by atoms with E-state index in [1.54, 1.807) is 6.92 Å². The first-order valence-electron chi connectivity index (χ1n) is 4.98. The Morgan fingerprint density at radius 2 is 2.18 bits per heavy atom. The van der Waals surface area contributed by atoms with Crippen molar-refractivity contribution in [1.29, 1.82) is 0 Å². The van der Waals surface area contributed by atoms with E-state index in [1.807, 2.05) is 0 Å². The molecule has 2 rings (SSSR count). The fraction of sp³-hybridized carbons (Fsp3) is 0.600. The highest BCUT2D eigenvalue weighted by atomic mass is 19.4. The summed E-state index contributed by atoms with van der Waals surface area (Å²) in [5, 5.41) is 9.54. The van der Waals surface area contributed by atoms with Crippen LogP contribution in [0.4, 0.5) is 13.2 Å². The molecule has 0 radical (unpaired) electrons. The zero-order valence-electron chi connectivity index (χ0n) is 9.25. The summed E-state index contributed by atoms with van der Waals surface area (Å²) in [5.41, 5.74) is -1.35. The number of rotatable bonds is 1. The van der Waals surface area contributed by atoms with Gasteiger partial charge in [0, 0.05) is 6.20 Å². The molecule has 0 amide bonds. The SMILES string of the molecule is Cc1ncc2c(n1)C(C)(CC(F)(F)F)OC2O. The molecule has 0 fully saturated rings. The Morgan fingerprint density at radius 1 is 1.53 bits per heavy atom. The molecule has 7 heteroatoms. The molecule has 94 valence electrons. The molecule has 2 heterocycles. The summed E-state index contributed by atoms with van der Waals surface area (Å²) in [6.07, 6.45) is -5.70. The number of halogens is 3. The number of aromatic nitrogens is 2. The van der Waals surface area contributed by atoms with Crippen LogP contribution < -0.4 is 0 Å². The van der Waals surface area contributed by atoms with E-state index in [9.17, 15) is 18.3 Å². The van der Waals surface area contributed by atoms with Gasteiger partial charge in [-0.25, -0.2) is 9.97 Å². The van der Waals surface area contributed by atoms with Crippen molar-refractivity contribution in [1.82, 2.24) is 9.97 Å². The largest absolute Gasteiger partial charge is 0.392 e. The monoisotopic (exact) mass is 248 g/mol. The second-order valence-corrected chi connectivity index (χ2v) is 4.21. The summed E-state index contributed by atoms with van der Waals surface area (Å²) in [6.45, 7) is 2.83. The van der Waals surface area contributed by atoms with Gasteiger partial charge in [0.15, 0.2) is 6.29 Å². The van der Waals surface area contributed by atoms with Gasteiger partial charge in [-0.15, -0.1) is 0 Å². The maximum atomic E-state index is 12.5. The van der Waals surface area contributed by atoms with Crippen LogP contribution in [-0.2, 0) is 10.3 Å². The first-order chi connectivity index (χ1) is 7.71. The van der Waals surface area contributed by atoms with Crippen molar-refractivity contribution in [2.75, 3.05) is 0 Å². The van der Waals surface area contributed by atoms with Crippen molar-refractivity contribution in [3.05, 3.63) is 23.3 Å². The summed E-state index contributed by atoms with van der Waals surface area (Å²) in [5.74, 6) is 0.342. The lowest BCUT2D eigenvalue weighted by Crippen LogP contribution is -2.30. The number of aliphatic hydroxyl groups is 1. The molecule has 1 aromatic rings. The minimum Gasteiger partial charge on any atom is -0.364 e. The van der Waals surface area contributed by atoms with Gasteiger partial charge in [-0.3, -0.25) is 0 Å². The van der Waals surface area contributed by atoms with Crippen molar-refractivity contribution in [2.45, 2.75) is 38.3 Å². The number of aryl methyl sites for hydroxylation is 1. The third kappa shape index (κ3) is 2.25. The fourth-order valence-electron chi connectivity index (χ4n) is 1.96. The lowest BCUT2D eigenvalue weighted by molar-refractivity contribution is -0.223. The number of ether oxygens (including phenoxy) is 1. The third-order valence-corrected chi connectivity index (χ3v) is 2.61. The van der Waals surface area contributed by atoms with E-state index in [1.165, 1.54) is 13.1 Å². The van der Waals surface area contributed by atoms with Gasteiger partial charge in [-0.2, -0.15) is 13.2 Å². The minimum atomic E-state index is -4.39. The Morgan fingerprint density at radius 3 is 2.76 bits per heavy atom. The summed E-state index contributed by atoms with van der Waals surface area (Å²) in [7, 11) is 0. The first-order valence-corrected chi connectivity index (χ1v) is 4.98. The molecular formula is C10H11F3N2O2. The number of hydrogen-bond donors (Lipinski definition) is 1. The van der Waals surface area contributed by atoms with Gasteiger partial charge in [0.1, 0.15) is 11.4 Å². The highest BCUT2D eigenvalue weighted by molar-refractivity contribution is 5.29. The summed E-state index contributed by atoms with van der Waals surface area (Å²) >= 11 is 0. The molecule has 0 bridgehead atoms. The molecule has 1 aliphatic heterocycles. The van der Waals surface area contributed by atoms with E-state index in [0.717, 1.165) is 0 Å². The molecule has 2 unspecified atom stereocenters. The van der Waals surface area contributed by atoms with Crippen molar-refractivity contribution in [2.24, 2.45) is 0 Å². The Labute approximate surface area is 95.5 Å². The quantitative estimate of drug-likeness (QED) is 0.825. The van der Waals surface area contributed by atoms with E-state index in [2.05, 4.69) is 9.97 Å². The summed E-state index contributed by atoms with van der Waals surface area (Å²) < 4.78 is 42.4. The average molecular weight is 248 g/mol. The van der Waals surface area contributed by atoms with Crippen molar-refractivity contribution in [3.8, 4) is 0 Å². The molecule has 0 aromatic carbocycles. The smallest absolute Gasteiger partial charge is 0.364 e. The molecule has 2 atom stereocenters. The van der Waals surface area contributed by atoms with E-state index < -0.39 is 24.5 Å². The highest BCUT2D eigenvalue weighted by Gasteiger charge is 2.49. The summed E-state index contributed by atoms with van der Waals surface area (Å²) in [4.78, 5) is 7.78. The summed E-state index contributed by atoms with van der Waals surface area (Å²) in [6, 6.07) is 0. The van der Waals surface area contributed by atoms with E-state index in [0.29, 0.717) is 5.82 Å². The standard InChI is InChI=1S/C10H11F3N2O2/c1-5-14-3-6-7(15-5)9(2,17-8(6)16)4-10(11,12)13/h3,8,16H,4H2,1-2H3. The minimum absolute atomic E-state index is 0.106. The molecule has 0 saturated heterocycles. The van der Waals surface area contributed by atoms with Crippen LogP contribution in [0.3, 0.4) is 0 Å². The van der Waals surface area contributed by atoms with E-state index in [-0.39, 0.29) is 11.3 Å². The molecule has 1 aliphatic rings.